The van der Waals surface area contributed by atoms with Gasteiger partial charge in [-0.15, -0.1) is 11.3 Å². The summed E-state index contributed by atoms with van der Waals surface area (Å²) in [5, 5.41) is 7.83. The molecule has 3 aromatic rings. The number of carbonyl (C=O) groups excluding carboxylic acids is 1. The Morgan fingerprint density at radius 2 is 1.83 bits per heavy atom. The Hall–Kier alpha value is -2.21. The maximum Gasteiger partial charge on any atom is 0.237 e. The number of thiophene rings is 1. The first-order chi connectivity index (χ1) is 14.2. The molecule has 1 aliphatic heterocycles. The fraction of sp³-hybridized carbons (Fsp3) is 0.375. The zero-order chi connectivity index (χ0) is 20.1. The molecule has 2 aromatic carbocycles. The molecule has 1 amide bonds. The van der Waals surface area contributed by atoms with Gasteiger partial charge in [-0.3, -0.25) is 14.6 Å². The van der Waals surface area contributed by atoms with Crippen molar-refractivity contribution in [2.45, 2.75) is 25.9 Å². The first-order valence-corrected chi connectivity index (χ1v) is 11.3. The summed E-state index contributed by atoms with van der Waals surface area (Å²) in [5.74, 6) is 0.143. The topological polar surface area (TPSA) is 35.6 Å². The minimum Gasteiger partial charge on any atom is -0.354 e. The van der Waals surface area contributed by atoms with E-state index in [2.05, 4.69) is 75.1 Å². The van der Waals surface area contributed by atoms with Gasteiger partial charge in [0.2, 0.25) is 5.91 Å². The lowest BCUT2D eigenvalue weighted by molar-refractivity contribution is -0.126. The van der Waals surface area contributed by atoms with Gasteiger partial charge in [0.15, 0.2) is 0 Å². The van der Waals surface area contributed by atoms with Crippen LogP contribution < -0.4 is 5.32 Å². The molecule has 4 rings (SSSR count). The minimum atomic E-state index is -0.0713. The maximum atomic E-state index is 12.5. The van der Waals surface area contributed by atoms with Gasteiger partial charge >= 0.3 is 0 Å². The average molecular weight is 408 g/mol. The molecule has 152 valence electrons. The van der Waals surface area contributed by atoms with Crippen molar-refractivity contribution in [2.24, 2.45) is 0 Å². The highest BCUT2D eigenvalue weighted by Gasteiger charge is 2.25. The highest BCUT2D eigenvalue weighted by molar-refractivity contribution is 7.09. The maximum absolute atomic E-state index is 12.5. The first-order valence-electron chi connectivity index (χ1n) is 10.4. The van der Waals surface area contributed by atoms with Gasteiger partial charge in [0.25, 0.3) is 0 Å². The number of nitrogens with one attached hydrogen (secondary N) is 1. The van der Waals surface area contributed by atoms with Gasteiger partial charge in [0.05, 0.1) is 6.04 Å². The lowest BCUT2D eigenvalue weighted by Crippen LogP contribution is -2.53. The number of fused-ring (bicyclic) bond motifs is 1. The molecule has 0 saturated carbocycles. The Morgan fingerprint density at radius 1 is 1.03 bits per heavy atom. The second kappa shape index (κ2) is 9.53. The zero-order valence-electron chi connectivity index (χ0n) is 17.0. The summed E-state index contributed by atoms with van der Waals surface area (Å²) >= 11 is 1.75. The number of piperazine rings is 1. The molecule has 0 bridgehead atoms. The van der Waals surface area contributed by atoms with Crippen molar-refractivity contribution in [1.82, 2.24) is 15.1 Å². The lowest BCUT2D eigenvalue weighted by atomic mass is 10.0. The van der Waals surface area contributed by atoms with Crippen LogP contribution in [0.5, 0.6) is 0 Å². The van der Waals surface area contributed by atoms with Gasteiger partial charge in [-0.25, -0.2) is 0 Å². The molecular weight excluding hydrogens is 378 g/mol. The molecule has 0 aliphatic carbocycles. The van der Waals surface area contributed by atoms with E-state index in [0.29, 0.717) is 6.54 Å². The van der Waals surface area contributed by atoms with Crippen LogP contribution in [0, 0.1) is 0 Å². The third-order valence-corrected chi connectivity index (χ3v) is 6.79. The molecule has 1 atom stereocenters. The van der Waals surface area contributed by atoms with Crippen molar-refractivity contribution in [1.29, 1.82) is 0 Å². The predicted molar refractivity (Wildman–Crippen MR) is 121 cm³/mol. The Balaban J connectivity index is 1.25. The summed E-state index contributed by atoms with van der Waals surface area (Å²) in [4.78, 5) is 18.7. The number of carbonyl (C=O) groups is 1. The van der Waals surface area contributed by atoms with E-state index in [1.807, 2.05) is 6.92 Å². The summed E-state index contributed by atoms with van der Waals surface area (Å²) in [6.45, 7) is 7.57. The van der Waals surface area contributed by atoms with E-state index in [4.69, 9.17) is 0 Å². The first kappa shape index (κ1) is 20.1. The van der Waals surface area contributed by atoms with Gasteiger partial charge in [-0.05, 0) is 41.1 Å². The van der Waals surface area contributed by atoms with Crippen molar-refractivity contribution in [3.8, 4) is 0 Å². The van der Waals surface area contributed by atoms with Gasteiger partial charge in [0.1, 0.15) is 0 Å². The van der Waals surface area contributed by atoms with E-state index < -0.39 is 0 Å². The van der Waals surface area contributed by atoms with Crippen molar-refractivity contribution < 1.29 is 4.79 Å². The van der Waals surface area contributed by atoms with Crippen LogP contribution in [0.1, 0.15) is 17.4 Å². The number of amides is 1. The largest absolute Gasteiger partial charge is 0.354 e. The molecule has 1 aliphatic rings. The highest BCUT2D eigenvalue weighted by Crippen LogP contribution is 2.21. The molecule has 0 radical (unpaired) electrons. The van der Waals surface area contributed by atoms with Crippen LogP contribution in [0.2, 0.25) is 0 Å². The molecule has 0 unspecified atom stereocenters. The van der Waals surface area contributed by atoms with Crippen LogP contribution in [-0.2, 0) is 17.8 Å². The molecule has 1 saturated heterocycles. The summed E-state index contributed by atoms with van der Waals surface area (Å²) in [5.41, 5.74) is 1.39. The van der Waals surface area contributed by atoms with E-state index in [9.17, 15) is 4.79 Å². The quantitative estimate of drug-likeness (QED) is 0.648. The van der Waals surface area contributed by atoms with Crippen LogP contribution in [0.3, 0.4) is 0 Å². The van der Waals surface area contributed by atoms with Crippen LogP contribution in [0.15, 0.2) is 60.0 Å². The monoisotopic (exact) mass is 407 g/mol. The van der Waals surface area contributed by atoms with Gasteiger partial charge in [0, 0.05) is 44.1 Å². The van der Waals surface area contributed by atoms with E-state index in [1.54, 1.807) is 11.3 Å². The summed E-state index contributed by atoms with van der Waals surface area (Å²) in [6, 6.07) is 19.3. The number of hydrogen-bond acceptors (Lipinski definition) is 4. The number of benzene rings is 2. The number of hydrogen-bond donors (Lipinski definition) is 1. The van der Waals surface area contributed by atoms with Crippen LogP contribution in [0.25, 0.3) is 10.8 Å². The fourth-order valence-electron chi connectivity index (χ4n) is 4.06. The Kier molecular flexibility index (Phi) is 6.60. The Morgan fingerprint density at radius 3 is 2.62 bits per heavy atom. The Bertz CT molecular complexity index is 927. The van der Waals surface area contributed by atoms with Gasteiger partial charge in [-0.1, -0.05) is 48.5 Å². The zero-order valence-corrected chi connectivity index (χ0v) is 17.8. The average Bonchev–Trinajstić information content (AvgIpc) is 3.27. The van der Waals surface area contributed by atoms with E-state index >= 15 is 0 Å². The summed E-state index contributed by atoms with van der Waals surface area (Å²) < 4.78 is 0. The molecular formula is C24H29N3OS. The van der Waals surface area contributed by atoms with Crippen molar-refractivity contribution in [3.63, 3.8) is 0 Å². The Labute approximate surface area is 177 Å². The highest BCUT2D eigenvalue weighted by atomic mass is 32.1. The molecule has 1 aromatic heterocycles. The lowest BCUT2D eigenvalue weighted by Gasteiger charge is -2.37. The summed E-state index contributed by atoms with van der Waals surface area (Å²) in [6.07, 6.45) is 0.912. The second-order valence-corrected chi connectivity index (χ2v) is 8.78. The third kappa shape index (κ3) is 5.04. The SMILES string of the molecule is C[C@@H](C(=O)NCCc1cccs1)N1CCN(Cc2cccc3ccccc23)CC1. The normalized spacial score (nSPS) is 16.7. The van der Waals surface area contributed by atoms with Crippen molar-refractivity contribution >= 4 is 28.0 Å². The molecule has 1 N–H and O–H groups in total. The predicted octanol–water partition coefficient (Wildman–Crippen LogP) is 3.77. The van der Waals surface area contributed by atoms with E-state index in [1.165, 1.54) is 21.2 Å². The number of rotatable bonds is 7. The standard InChI is InChI=1S/C24H29N3OS/c1-19(24(28)25-12-11-22-9-5-17-29-22)27-15-13-26(14-16-27)18-21-8-4-7-20-6-2-3-10-23(20)21/h2-10,17,19H,11-16,18H2,1H3,(H,25,28)/t19-/m0/s1. The molecule has 4 nitrogen and oxygen atoms in total. The second-order valence-electron chi connectivity index (χ2n) is 7.75. The van der Waals surface area contributed by atoms with Gasteiger partial charge < -0.3 is 5.32 Å². The van der Waals surface area contributed by atoms with Crippen LogP contribution in [-0.4, -0.2) is 54.5 Å². The molecule has 0 spiro atoms. The van der Waals surface area contributed by atoms with Crippen molar-refractivity contribution in [3.05, 3.63) is 70.4 Å². The molecule has 5 heteroatoms. The third-order valence-electron chi connectivity index (χ3n) is 5.86. The van der Waals surface area contributed by atoms with E-state index in [-0.39, 0.29) is 11.9 Å². The minimum absolute atomic E-state index is 0.0713. The van der Waals surface area contributed by atoms with E-state index in [0.717, 1.165) is 39.1 Å². The number of nitrogens with zero attached hydrogens (tertiary/aromatic N) is 2. The molecule has 29 heavy (non-hydrogen) atoms. The smallest absolute Gasteiger partial charge is 0.237 e. The molecule has 2 heterocycles. The fourth-order valence-corrected chi connectivity index (χ4v) is 4.77. The van der Waals surface area contributed by atoms with Crippen LogP contribution in [0.4, 0.5) is 0 Å². The van der Waals surface area contributed by atoms with Gasteiger partial charge in [-0.2, -0.15) is 0 Å². The van der Waals surface area contributed by atoms with Crippen LogP contribution >= 0.6 is 11.3 Å². The van der Waals surface area contributed by atoms with Crippen molar-refractivity contribution in [2.75, 3.05) is 32.7 Å². The summed E-state index contributed by atoms with van der Waals surface area (Å²) in [7, 11) is 0. The molecule has 1 fully saturated rings.